The van der Waals surface area contributed by atoms with Gasteiger partial charge in [0.25, 0.3) is 0 Å². The Kier molecular flexibility index (Phi) is 6.27. The van der Waals surface area contributed by atoms with Gasteiger partial charge < -0.3 is 5.32 Å². The van der Waals surface area contributed by atoms with E-state index in [1.807, 2.05) is 30.3 Å². The van der Waals surface area contributed by atoms with Crippen LogP contribution in [0.4, 0.5) is 5.82 Å². The zero-order valence-electron chi connectivity index (χ0n) is 13.4. The Morgan fingerprint density at radius 3 is 2.50 bits per heavy atom. The van der Waals surface area contributed by atoms with Crippen molar-refractivity contribution in [1.29, 1.82) is 0 Å². The minimum Gasteiger partial charge on any atom is -0.369 e. The molecule has 0 unspecified atom stereocenters. The second-order valence-corrected chi connectivity index (χ2v) is 6.66. The fourth-order valence-corrected chi connectivity index (χ4v) is 2.80. The van der Waals surface area contributed by atoms with Crippen LogP contribution in [-0.2, 0) is 0 Å². The molecule has 0 fully saturated rings. The third kappa shape index (κ3) is 4.10. The van der Waals surface area contributed by atoms with Crippen molar-refractivity contribution in [3.05, 3.63) is 52.5 Å². The second kappa shape index (κ2) is 8.02. The molecule has 3 rings (SSSR count). The summed E-state index contributed by atoms with van der Waals surface area (Å²) in [5.41, 5.74) is 1.66. The quantitative estimate of drug-likeness (QED) is 0.593. The standard InChI is InChI=1S/C18H17Cl2N3.ClH/c1-11(2)10-21-17-14-5-3-4-6-16(14)22-18(23-17)13-8-7-12(19)9-15(13)20;/h3-9,11H,10H2,1-2H3,(H,21,22,23);1H. The monoisotopic (exact) mass is 381 g/mol. The number of anilines is 1. The number of rotatable bonds is 4. The van der Waals surface area contributed by atoms with E-state index >= 15 is 0 Å². The SMILES string of the molecule is CC(C)CNc1nc(-c2ccc(Cl)cc2Cl)nc2ccccc12.Cl. The van der Waals surface area contributed by atoms with Gasteiger partial charge in [-0.25, -0.2) is 9.97 Å². The van der Waals surface area contributed by atoms with E-state index in [4.69, 9.17) is 23.2 Å². The number of aromatic nitrogens is 2. The average molecular weight is 383 g/mol. The highest BCUT2D eigenvalue weighted by atomic mass is 35.5. The van der Waals surface area contributed by atoms with Gasteiger partial charge in [-0.05, 0) is 36.2 Å². The molecule has 6 heteroatoms. The van der Waals surface area contributed by atoms with Crippen LogP contribution in [-0.4, -0.2) is 16.5 Å². The molecule has 3 aromatic rings. The van der Waals surface area contributed by atoms with E-state index in [9.17, 15) is 0 Å². The Morgan fingerprint density at radius 1 is 1.04 bits per heavy atom. The van der Waals surface area contributed by atoms with Crippen molar-refractivity contribution in [2.24, 2.45) is 5.92 Å². The second-order valence-electron chi connectivity index (χ2n) is 5.81. The molecule has 0 amide bonds. The highest BCUT2D eigenvalue weighted by Crippen LogP contribution is 2.31. The molecule has 0 saturated heterocycles. The highest BCUT2D eigenvalue weighted by Gasteiger charge is 2.12. The number of benzene rings is 2. The Balaban J connectivity index is 0.00000208. The zero-order valence-corrected chi connectivity index (χ0v) is 15.7. The molecule has 0 bridgehead atoms. The van der Waals surface area contributed by atoms with E-state index in [0.717, 1.165) is 28.8 Å². The van der Waals surface area contributed by atoms with E-state index in [2.05, 4.69) is 29.1 Å². The number of halogens is 3. The van der Waals surface area contributed by atoms with Gasteiger partial charge in [0.2, 0.25) is 0 Å². The van der Waals surface area contributed by atoms with Crippen molar-refractivity contribution < 1.29 is 0 Å². The van der Waals surface area contributed by atoms with Crippen LogP contribution in [0.3, 0.4) is 0 Å². The maximum absolute atomic E-state index is 6.31. The molecule has 126 valence electrons. The molecule has 1 heterocycles. The molecule has 2 aromatic carbocycles. The van der Waals surface area contributed by atoms with E-state index in [-0.39, 0.29) is 12.4 Å². The Hall–Kier alpha value is -1.55. The van der Waals surface area contributed by atoms with Gasteiger partial charge in [-0.3, -0.25) is 0 Å². The van der Waals surface area contributed by atoms with Crippen LogP contribution >= 0.6 is 35.6 Å². The first-order chi connectivity index (χ1) is 11.0. The predicted molar refractivity (Wildman–Crippen MR) is 106 cm³/mol. The number of nitrogens with zero attached hydrogens (tertiary/aromatic N) is 2. The molecule has 0 aliphatic rings. The van der Waals surface area contributed by atoms with Crippen LogP contribution < -0.4 is 5.32 Å². The minimum absolute atomic E-state index is 0. The van der Waals surface area contributed by atoms with Crippen molar-refractivity contribution >= 4 is 52.3 Å². The van der Waals surface area contributed by atoms with E-state index in [0.29, 0.717) is 21.8 Å². The van der Waals surface area contributed by atoms with Gasteiger partial charge in [-0.2, -0.15) is 0 Å². The van der Waals surface area contributed by atoms with Crippen molar-refractivity contribution in [2.75, 3.05) is 11.9 Å². The Labute approximate surface area is 157 Å². The predicted octanol–water partition coefficient (Wildman–Crippen LogP) is 6.09. The number of nitrogens with one attached hydrogen (secondary N) is 1. The van der Waals surface area contributed by atoms with Gasteiger partial charge in [-0.15, -0.1) is 12.4 Å². The van der Waals surface area contributed by atoms with Crippen LogP contribution in [0.5, 0.6) is 0 Å². The molecule has 0 saturated carbocycles. The van der Waals surface area contributed by atoms with E-state index < -0.39 is 0 Å². The molecule has 1 N–H and O–H groups in total. The van der Waals surface area contributed by atoms with Crippen LogP contribution in [0, 0.1) is 5.92 Å². The minimum atomic E-state index is 0. The van der Waals surface area contributed by atoms with Crippen molar-refractivity contribution in [3.63, 3.8) is 0 Å². The third-order valence-corrected chi connectivity index (χ3v) is 4.00. The number of hydrogen-bond donors (Lipinski definition) is 1. The summed E-state index contributed by atoms with van der Waals surface area (Å²) in [7, 11) is 0. The van der Waals surface area contributed by atoms with Gasteiger partial charge in [0.1, 0.15) is 5.82 Å². The molecule has 0 aliphatic carbocycles. The number of para-hydroxylation sites is 1. The Morgan fingerprint density at radius 2 is 1.79 bits per heavy atom. The van der Waals surface area contributed by atoms with Gasteiger partial charge in [0.05, 0.1) is 10.5 Å². The summed E-state index contributed by atoms with van der Waals surface area (Å²) in [6, 6.07) is 13.3. The maximum Gasteiger partial charge on any atom is 0.163 e. The van der Waals surface area contributed by atoms with Crippen molar-refractivity contribution in [1.82, 2.24) is 9.97 Å². The molecule has 0 spiro atoms. The lowest BCUT2D eigenvalue weighted by Gasteiger charge is -2.13. The largest absolute Gasteiger partial charge is 0.369 e. The average Bonchev–Trinajstić information content (AvgIpc) is 2.52. The summed E-state index contributed by atoms with van der Waals surface area (Å²) in [5.74, 6) is 1.94. The lowest BCUT2D eigenvalue weighted by molar-refractivity contribution is 0.687. The van der Waals surface area contributed by atoms with Crippen LogP contribution in [0.1, 0.15) is 13.8 Å². The molecule has 24 heavy (non-hydrogen) atoms. The topological polar surface area (TPSA) is 37.8 Å². The van der Waals surface area contributed by atoms with Crippen LogP contribution in [0.15, 0.2) is 42.5 Å². The summed E-state index contributed by atoms with van der Waals surface area (Å²) >= 11 is 12.3. The molecular weight excluding hydrogens is 365 g/mol. The van der Waals surface area contributed by atoms with Crippen molar-refractivity contribution in [3.8, 4) is 11.4 Å². The van der Waals surface area contributed by atoms with Gasteiger partial charge in [0, 0.05) is 22.5 Å². The molecule has 0 radical (unpaired) electrons. The van der Waals surface area contributed by atoms with Gasteiger partial charge in [-0.1, -0.05) is 49.2 Å². The normalized spacial score (nSPS) is 10.7. The summed E-state index contributed by atoms with van der Waals surface area (Å²) in [6.07, 6.45) is 0. The zero-order chi connectivity index (χ0) is 16.4. The smallest absolute Gasteiger partial charge is 0.163 e. The maximum atomic E-state index is 6.31. The van der Waals surface area contributed by atoms with Gasteiger partial charge >= 0.3 is 0 Å². The van der Waals surface area contributed by atoms with E-state index in [1.54, 1.807) is 12.1 Å². The molecule has 3 nitrogen and oxygen atoms in total. The lowest BCUT2D eigenvalue weighted by Crippen LogP contribution is -2.10. The molecular formula is C18H18Cl3N3. The number of hydrogen-bond acceptors (Lipinski definition) is 3. The fourth-order valence-electron chi connectivity index (χ4n) is 2.30. The highest BCUT2D eigenvalue weighted by molar-refractivity contribution is 6.36. The molecule has 0 atom stereocenters. The fraction of sp³-hybridized carbons (Fsp3) is 0.222. The van der Waals surface area contributed by atoms with Crippen LogP contribution in [0.25, 0.3) is 22.3 Å². The first kappa shape index (κ1) is 18.8. The summed E-state index contributed by atoms with van der Waals surface area (Å²) in [6.45, 7) is 5.16. The summed E-state index contributed by atoms with van der Waals surface area (Å²) < 4.78 is 0. The molecule has 1 aromatic heterocycles. The first-order valence-electron chi connectivity index (χ1n) is 7.50. The first-order valence-corrected chi connectivity index (χ1v) is 8.26. The summed E-state index contributed by atoms with van der Waals surface area (Å²) in [5, 5.41) is 5.55. The van der Waals surface area contributed by atoms with Crippen LogP contribution in [0.2, 0.25) is 10.0 Å². The molecule has 0 aliphatic heterocycles. The van der Waals surface area contributed by atoms with E-state index in [1.165, 1.54) is 0 Å². The Bertz CT molecular complexity index is 850. The van der Waals surface area contributed by atoms with Crippen molar-refractivity contribution in [2.45, 2.75) is 13.8 Å². The van der Waals surface area contributed by atoms with Gasteiger partial charge in [0.15, 0.2) is 5.82 Å². The third-order valence-electron chi connectivity index (χ3n) is 3.45. The summed E-state index contributed by atoms with van der Waals surface area (Å²) in [4.78, 5) is 9.33. The number of fused-ring (bicyclic) bond motifs is 1. The lowest BCUT2D eigenvalue weighted by atomic mass is 10.1.